The molecule has 4 N–H and O–H groups in total. The van der Waals surface area contributed by atoms with Gasteiger partial charge in [-0.05, 0) is 55.5 Å². The van der Waals surface area contributed by atoms with Crippen LogP contribution in [0, 0.1) is 12.8 Å². The molecule has 0 fully saturated rings. The molecular formula is C29H38N4O5. The summed E-state index contributed by atoms with van der Waals surface area (Å²) in [6.07, 6.45) is 3.88. The number of carbonyl (C=O) groups excluding carboxylic acids is 3. The number of allylic oxidation sites excluding steroid dienone is 1. The van der Waals surface area contributed by atoms with E-state index in [2.05, 4.69) is 16.0 Å². The van der Waals surface area contributed by atoms with Gasteiger partial charge < -0.3 is 26.0 Å². The first-order chi connectivity index (χ1) is 18.1. The molecule has 9 nitrogen and oxygen atoms in total. The zero-order valence-electron chi connectivity index (χ0n) is 22.5. The Hall–Kier alpha value is -4.14. The van der Waals surface area contributed by atoms with Crippen LogP contribution in [0.15, 0.2) is 60.7 Å². The molecular weight excluding hydrogens is 484 g/mol. The molecule has 9 heteroatoms. The van der Waals surface area contributed by atoms with Crippen molar-refractivity contribution in [2.24, 2.45) is 5.92 Å². The average Bonchev–Trinajstić information content (AvgIpc) is 2.84. The second kappa shape index (κ2) is 15.2. The van der Waals surface area contributed by atoms with Gasteiger partial charge in [0.25, 0.3) is 0 Å². The Bertz CT molecular complexity index is 1130. The predicted molar refractivity (Wildman–Crippen MR) is 149 cm³/mol. The summed E-state index contributed by atoms with van der Waals surface area (Å²) in [5.41, 5.74) is 2.99. The highest BCUT2D eigenvalue weighted by Crippen LogP contribution is 2.15. The van der Waals surface area contributed by atoms with Crippen LogP contribution in [0.2, 0.25) is 0 Å². The number of nitrogens with one attached hydrogen (secondary N) is 3. The molecule has 0 saturated carbocycles. The van der Waals surface area contributed by atoms with Gasteiger partial charge in [0, 0.05) is 17.9 Å². The van der Waals surface area contributed by atoms with Crippen LogP contribution in [0.5, 0.6) is 0 Å². The van der Waals surface area contributed by atoms with Crippen molar-refractivity contribution in [3.63, 3.8) is 0 Å². The van der Waals surface area contributed by atoms with Crippen molar-refractivity contribution >= 4 is 35.2 Å². The number of hydrogen-bond acceptors (Lipinski definition) is 4. The Morgan fingerprint density at radius 3 is 2.29 bits per heavy atom. The molecule has 0 aromatic heterocycles. The van der Waals surface area contributed by atoms with Crippen LogP contribution >= 0.6 is 0 Å². The topological polar surface area (TPSA) is 128 Å². The van der Waals surface area contributed by atoms with Gasteiger partial charge in [-0.2, -0.15) is 0 Å². The van der Waals surface area contributed by atoms with Gasteiger partial charge in [-0.1, -0.05) is 56.3 Å². The fourth-order valence-corrected chi connectivity index (χ4v) is 3.71. The highest BCUT2D eigenvalue weighted by atomic mass is 16.4. The highest BCUT2D eigenvalue weighted by Gasteiger charge is 2.20. The lowest BCUT2D eigenvalue weighted by atomic mass is 10.1. The van der Waals surface area contributed by atoms with Crippen LogP contribution in [0.3, 0.4) is 0 Å². The van der Waals surface area contributed by atoms with Gasteiger partial charge in [0.15, 0.2) is 0 Å². The van der Waals surface area contributed by atoms with Gasteiger partial charge in [0.1, 0.15) is 0 Å². The van der Waals surface area contributed by atoms with Crippen molar-refractivity contribution in [2.45, 2.75) is 53.0 Å². The molecule has 0 aliphatic carbocycles. The summed E-state index contributed by atoms with van der Waals surface area (Å²) in [5.74, 6) is -1.30. The Kier molecular flexibility index (Phi) is 12.0. The van der Waals surface area contributed by atoms with Gasteiger partial charge in [0.2, 0.25) is 11.8 Å². The summed E-state index contributed by atoms with van der Waals surface area (Å²) >= 11 is 0. The number of benzene rings is 2. The SMILES string of the molecule is C/C=C/[C@H](CC(=O)O)NC(=O)CN(CCC(C)C)C(=O)Cc1ccc(NC(=O)Nc2ccccc2C)cc1. The number of amides is 4. The zero-order chi connectivity index (χ0) is 28.1. The number of anilines is 2. The maximum absolute atomic E-state index is 13.1. The fourth-order valence-electron chi connectivity index (χ4n) is 3.71. The van der Waals surface area contributed by atoms with Crippen molar-refractivity contribution < 1.29 is 24.3 Å². The van der Waals surface area contributed by atoms with E-state index < -0.39 is 17.9 Å². The number of para-hydroxylation sites is 1. The standard InChI is InChI=1S/C29H38N4O5/c1-5-8-24(18-28(36)37)30-26(34)19-33(16-15-20(2)3)27(35)17-22-11-13-23(14-12-22)31-29(38)32-25-10-7-6-9-21(25)4/h5-14,20,24H,15-19H2,1-4H3,(H,30,34)(H,36,37)(H2,31,32,38)/b8-5+/t24-/m1/s1. The fraction of sp³-hybridized carbons (Fsp3) is 0.379. The third kappa shape index (κ3) is 10.9. The molecule has 38 heavy (non-hydrogen) atoms. The normalized spacial score (nSPS) is 11.7. The number of nitrogens with zero attached hydrogens (tertiary/aromatic N) is 1. The smallest absolute Gasteiger partial charge is 0.323 e. The maximum Gasteiger partial charge on any atom is 0.323 e. The molecule has 2 aromatic rings. The van der Waals surface area contributed by atoms with E-state index >= 15 is 0 Å². The lowest BCUT2D eigenvalue weighted by molar-refractivity contribution is -0.138. The first-order valence-corrected chi connectivity index (χ1v) is 12.7. The lowest BCUT2D eigenvalue weighted by Crippen LogP contribution is -2.45. The van der Waals surface area contributed by atoms with Gasteiger partial charge in [-0.15, -0.1) is 0 Å². The monoisotopic (exact) mass is 522 g/mol. The summed E-state index contributed by atoms with van der Waals surface area (Å²) in [5, 5.41) is 17.3. The van der Waals surface area contributed by atoms with E-state index in [0.29, 0.717) is 18.2 Å². The maximum atomic E-state index is 13.1. The summed E-state index contributed by atoms with van der Waals surface area (Å²) in [7, 11) is 0. The van der Waals surface area contributed by atoms with Crippen LogP contribution in [0.25, 0.3) is 0 Å². The highest BCUT2D eigenvalue weighted by molar-refractivity contribution is 6.00. The number of hydrogen-bond donors (Lipinski definition) is 4. The van der Waals surface area contributed by atoms with Gasteiger partial charge in [0.05, 0.1) is 25.4 Å². The van der Waals surface area contributed by atoms with Gasteiger partial charge in [-0.25, -0.2) is 4.79 Å². The Labute approximate surface area is 224 Å². The predicted octanol–water partition coefficient (Wildman–Crippen LogP) is 4.59. The van der Waals surface area contributed by atoms with Crippen LogP contribution < -0.4 is 16.0 Å². The molecule has 4 amide bonds. The van der Waals surface area contributed by atoms with Crippen molar-refractivity contribution in [2.75, 3.05) is 23.7 Å². The molecule has 0 unspecified atom stereocenters. The number of rotatable bonds is 13. The molecule has 2 aromatic carbocycles. The minimum atomic E-state index is -1.02. The van der Waals surface area contributed by atoms with E-state index in [-0.39, 0.29) is 31.3 Å². The van der Waals surface area contributed by atoms with Gasteiger partial charge >= 0.3 is 12.0 Å². The molecule has 0 saturated heterocycles. The Morgan fingerprint density at radius 1 is 1.00 bits per heavy atom. The molecule has 0 spiro atoms. The van der Waals surface area contributed by atoms with Crippen LogP contribution in [-0.4, -0.2) is 53.0 Å². The number of carboxylic acid groups (broad SMARTS) is 1. The summed E-state index contributed by atoms with van der Waals surface area (Å²) in [6, 6.07) is 13.4. The van der Waals surface area contributed by atoms with Crippen LogP contribution in [-0.2, 0) is 20.8 Å². The van der Waals surface area contributed by atoms with Crippen molar-refractivity contribution in [1.29, 1.82) is 0 Å². The van der Waals surface area contributed by atoms with Crippen molar-refractivity contribution in [3.8, 4) is 0 Å². The quantitative estimate of drug-likeness (QED) is 0.286. The molecule has 0 radical (unpaired) electrons. The molecule has 1 atom stereocenters. The Balaban J connectivity index is 1.99. The van der Waals surface area contributed by atoms with Crippen molar-refractivity contribution in [1.82, 2.24) is 10.2 Å². The molecule has 204 valence electrons. The first kappa shape index (κ1) is 30.1. The van der Waals surface area contributed by atoms with Crippen molar-refractivity contribution in [3.05, 3.63) is 71.8 Å². The molecule has 2 rings (SSSR count). The minimum absolute atomic E-state index is 0.0917. The number of aliphatic carboxylic acids is 1. The zero-order valence-corrected chi connectivity index (χ0v) is 22.5. The van der Waals surface area contributed by atoms with E-state index in [0.717, 1.165) is 23.2 Å². The number of aryl methyl sites for hydroxylation is 1. The summed E-state index contributed by atoms with van der Waals surface area (Å²) in [6.45, 7) is 7.99. The number of carboxylic acids is 1. The molecule has 0 aliphatic heterocycles. The van der Waals surface area contributed by atoms with E-state index in [9.17, 15) is 19.2 Å². The molecule has 0 aliphatic rings. The summed E-state index contributed by atoms with van der Waals surface area (Å²) in [4.78, 5) is 50.7. The van der Waals surface area contributed by atoms with Crippen LogP contribution in [0.1, 0.15) is 44.7 Å². The second-order valence-electron chi connectivity index (χ2n) is 9.56. The summed E-state index contributed by atoms with van der Waals surface area (Å²) < 4.78 is 0. The third-order valence-electron chi connectivity index (χ3n) is 5.79. The number of carbonyl (C=O) groups is 4. The van der Waals surface area contributed by atoms with E-state index in [1.807, 2.05) is 45.0 Å². The Morgan fingerprint density at radius 2 is 1.68 bits per heavy atom. The van der Waals surface area contributed by atoms with E-state index in [1.54, 1.807) is 43.3 Å². The molecule has 0 heterocycles. The van der Waals surface area contributed by atoms with E-state index in [1.165, 1.54) is 4.90 Å². The van der Waals surface area contributed by atoms with Crippen LogP contribution in [0.4, 0.5) is 16.2 Å². The first-order valence-electron chi connectivity index (χ1n) is 12.7. The second-order valence-corrected chi connectivity index (χ2v) is 9.56. The third-order valence-corrected chi connectivity index (χ3v) is 5.79. The van der Waals surface area contributed by atoms with E-state index in [4.69, 9.17) is 5.11 Å². The molecule has 0 bridgehead atoms. The largest absolute Gasteiger partial charge is 0.481 e. The minimum Gasteiger partial charge on any atom is -0.481 e. The van der Waals surface area contributed by atoms with Gasteiger partial charge in [-0.3, -0.25) is 14.4 Å². The number of urea groups is 1. The average molecular weight is 523 g/mol. The lowest BCUT2D eigenvalue weighted by Gasteiger charge is -2.24.